The zero-order valence-corrected chi connectivity index (χ0v) is 16.9. The Morgan fingerprint density at radius 2 is 1.83 bits per heavy atom. The molecule has 2 amide bonds. The average molecular weight is 411 g/mol. The predicted molar refractivity (Wildman–Crippen MR) is 113 cm³/mol. The van der Waals surface area contributed by atoms with Gasteiger partial charge >= 0.3 is 0 Å². The zero-order valence-electron chi connectivity index (χ0n) is 16.9. The number of ether oxygens (including phenoxy) is 1. The van der Waals surface area contributed by atoms with Crippen LogP contribution in [0.25, 0.3) is 0 Å². The number of hydrogen-bond acceptors (Lipinski definition) is 4. The van der Waals surface area contributed by atoms with Gasteiger partial charge in [-0.25, -0.2) is 4.39 Å². The summed E-state index contributed by atoms with van der Waals surface area (Å²) in [5.41, 5.74) is 2.11. The number of hydrogen-bond donors (Lipinski definition) is 1. The summed E-state index contributed by atoms with van der Waals surface area (Å²) in [5, 5.41) is 2.85. The molecule has 2 heterocycles. The van der Waals surface area contributed by atoms with Crippen molar-refractivity contribution < 1.29 is 18.7 Å². The van der Waals surface area contributed by atoms with Crippen molar-refractivity contribution in [2.45, 2.75) is 25.4 Å². The number of benzene rings is 2. The fourth-order valence-corrected chi connectivity index (χ4v) is 3.95. The van der Waals surface area contributed by atoms with E-state index in [2.05, 4.69) is 10.2 Å². The third kappa shape index (κ3) is 4.79. The van der Waals surface area contributed by atoms with Gasteiger partial charge in [0.15, 0.2) is 0 Å². The molecule has 2 fully saturated rings. The molecule has 2 aliphatic heterocycles. The number of nitrogens with zero attached hydrogens (tertiary/aromatic N) is 2. The Kier molecular flexibility index (Phi) is 6.28. The molecule has 158 valence electrons. The number of carbonyl (C=O) groups excluding carboxylic acids is 2. The van der Waals surface area contributed by atoms with Crippen molar-refractivity contribution in [3.8, 4) is 0 Å². The van der Waals surface area contributed by atoms with Crippen LogP contribution in [0.15, 0.2) is 48.5 Å². The monoisotopic (exact) mass is 411 g/mol. The van der Waals surface area contributed by atoms with Crippen LogP contribution in [-0.2, 0) is 9.53 Å². The number of nitrogens with one attached hydrogen (secondary N) is 1. The first kappa shape index (κ1) is 20.3. The van der Waals surface area contributed by atoms with E-state index < -0.39 is 6.10 Å². The summed E-state index contributed by atoms with van der Waals surface area (Å²) in [6.07, 6.45) is 2.04. The summed E-state index contributed by atoms with van der Waals surface area (Å²) < 4.78 is 18.6. The average Bonchev–Trinajstić information content (AvgIpc) is 3.19. The maximum atomic E-state index is 13.2. The Balaban J connectivity index is 1.39. The number of amides is 2. The van der Waals surface area contributed by atoms with Crippen LogP contribution in [0.5, 0.6) is 0 Å². The minimum atomic E-state index is -0.410. The summed E-state index contributed by atoms with van der Waals surface area (Å²) in [7, 11) is 0. The quantitative estimate of drug-likeness (QED) is 0.839. The fourth-order valence-electron chi connectivity index (χ4n) is 3.95. The molecule has 30 heavy (non-hydrogen) atoms. The number of halogens is 1. The fraction of sp³-hybridized carbons (Fsp3) is 0.391. The molecule has 6 nitrogen and oxygen atoms in total. The molecule has 1 atom stereocenters. The lowest BCUT2D eigenvalue weighted by Crippen LogP contribution is -2.35. The van der Waals surface area contributed by atoms with E-state index in [1.807, 2.05) is 4.90 Å². The van der Waals surface area contributed by atoms with Crippen LogP contribution in [0.3, 0.4) is 0 Å². The van der Waals surface area contributed by atoms with Crippen LogP contribution in [0.4, 0.5) is 15.8 Å². The third-order valence-electron chi connectivity index (χ3n) is 5.57. The molecule has 2 aromatic carbocycles. The normalized spacial score (nSPS) is 19.4. The van der Waals surface area contributed by atoms with Crippen LogP contribution in [0.2, 0.25) is 0 Å². The smallest absolute Gasteiger partial charge is 0.253 e. The van der Waals surface area contributed by atoms with Gasteiger partial charge in [-0.1, -0.05) is 6.07 Å². The summed E-state index contributed by atoms with van der Waals surface area (Å²) in [6.45, 7) is 3.35. The van der Waals surface area contributed by atoms with Crippen LogP contribution in [0.1, 0.15) is 29.6 Å². The molecule has 1 N–H and O–H groups in total. The van der Waals surface area contributed by atoms with Gasteiger partial charge in [0.05, 0.1) is 0 Å². The van der Waals surface area contributed by atoms with Gasteiger partial charge < -0.3 is 19.9 Å². The second-order valence-electron chi connectivity index (χ2n) is 7.68. The van der Waals surface area contributed by atoms with E-state index in [0.29, 0.717) is 37.5 Å². The molecule has 0 aliphatic carbocycles. The lowest BCUT2D eigenvalue weighted by Gasteiger charge is -2.24. The highest BCUT2D eigenvalue weighted by Gasteiger charge is 2.24. The van der Waals surface area contributed by atoms with Gasteiger partial charge in [-0.15, -0.1) is 0 Å². The van der Waals surface area contributed by atoms with Gasteiger partial charge in [0.1, 0.15) is 11.9 Å². The molecule has 2 aliphatic rings. The van der Waals surface area contributed by atoms with Gasteiger partial charge in [-0.05, 0) is 61.7 Å². The molecule has 1 unspecified atom stereocenters. The Morgan fingerprint density at radius 3 is 2.60 bits per heavy atom. The number of rotatable bonds is 4. The van der Waals surface area contributed by atoms with Crippen molar-refractivity contribution in [2.75, 3.05) is 43.0 Å². The molecule has 2 saturated heterocycles. The molecule has 0 aromatic heterocycles. The van der Waals surface area contributed by atoms with Crippen LogP contribution >= 0.6 is 0 Å². The molecular formula is C23H26FN3O3. The van der Waals surface area contributed by atoms with E-state index in [-0.39, 0.29) is 17.6 Å². The minimum absolute atomic E-state index is 0.0517. The van der Waals surface area contributed by atoms with Crippen LogP contribution < -0.4 is 10.2 Å². The van der Waals surface area contributed by atoms with Gasteiger partial charge in [-0.2, -0.15) is 0 Å². The van der Waals surface area contributed by atoms with Gasteiger partial charge in [-0.3, -0.25) is 9.59 Å². The molecule has 2 aromatic rings. The van der Waals surface area contributed by atoms with E-state index in [1.165, 1.54) is 12.1 Å². The Morgan fingerprint density at radius 1 is 1.00 bits per heavy atom. The summed E-state index contributed by atoms with van der Waals surface area (Å²) in [5.74, 6) is -0.470. The van der Waals surface area contributed by atoms with Crippen molar-refractivity contribution in [1.29, 1.82) is 0 Å². The second kappa shape index (κ2) is 9.26. The molecule has 0 bridgehead atoms. The highest BCUT2D eigenvalue weighted by atomic mass is 19.1. The number of carbonyl (C=O) groups is 2. The summed E-state index contributed by atoms with van der Waals surface area (Å²) >= 11 is 0. The Labute approximate surface area is 175 Å². The maximum absolute atomic E-state index is 13.2. The first-order valence-electron chi connectivity index (χ1n) is 10.4. The van der Waals surface area contributed by atoms with E-state index in [4.69, 9.17) is 4.74 Å². The van der Waals surface area contributed by atoms with Crippen molar-refractivity contribution in [3.63, 3.8) is 0 Å². The molecule has 0 saturated carbocycles. The first-order chi connectivity index (χ1) is 14.6. The van der Waals surface area contributed by atoms with Gasteiger partial charge in [0.2, 0.25) is 0 Å². The predicted octanol–water partition coefficient (Wildman–Crippen LogP) is 3.30. The van der Waals surface area contributed by atoms with Crippen molar-refractivity contribution in [2.24, 2.45) is 0 Å². The van der Waals surface area contributed by atoms with Crippen molar-refractivity contribution >= 4 is 23.2 Å². The van der Waals surface area contributed by atoms with E-state index >= 15 is 0 Å². The Hall–Kier alpha value is -2.93. The topological polar surface area (TPSA) is 61.9 Å². The molecular weight excluding hydrogens is 385 g/mol. The highest BCUT2D eigenvalue weighted by molar-refractivity contribution is 5.98. The molecule has 0 spiro atoms. The first-order valence-corrected chi connectivity index (χ1v) is 10.4. The molecule has 0 radical (unpaired) electrons. The van der Waals surface area contributed by atoms with Crippen LogP contribution in [0, 0.1) is 5.82 Å². The SMILES string of the molecule is O=C(Nc1cccc(C(=O)N2CCCN(c3ccc(F)cc3)CC2)c1)C1CCCO1. The largest absolute Gasteiger partial charge is 0.370 e. The lowest BCUT2D eigenvalue weighted by atomic mass is 10.1. The second-order valence-corrected chi connectivity index (χ2v) is 7.68. The number of anilines is 2. The van der Waals surface area contributed by atoms with Crippen LogP contribution in [-0.4, -0.2) is 55.6 Å². The van der Waals surface area contributed by atoms with Gasteiger partial charge in [0.25, 0.3) is 11.8 Å². The van der Waals surface area contributed by atoms with Crippen molar-refractivity contribution in [1.82, 2.24) is 4.90 Å². The Bertz CT molecular complexity index is 897. The summed E-state index contributed by atoms with van der Waals surface area (Å²) in [6, 6.07) is 13.5. The van der Waals surface area contributed by atoms with E-state index in [9.17, 15) is 14.0 Å². The summed E-state index contributed by atoms with van der Waals surface area (Å²) in [4.78, 5) is 29.3. The van der Waals surface area contributed by atoms with Gasteiger partial charge in [0, 0.05) is 49.7 Å². The molecule has 7 heteroatoms. The van der Waals surface area contributed by atoms with Crippen molar-refractivity contribution in [3.05, 3.63) is 59.9 Å². The van der Waals surface area contributed by atoms with E-state index in [0.717, 1.165) is 31.5 Å². The lowest BCUT2D eigenvalue weighted by molar-refractivity contribution is -0.124. The maximum Gasteiger partial charge on any atom is 0.253 e. The highest BCUT2D eigenvalue weighted by Crippen LogP contribution is 2.20. The standard InChI is InChI=1S/C23H26FN3O3/c24-18-7-9-20(10-8-18)26-11-3-12-27(14-13-26)23(29)17-4-1-5-19(16-17)25-22(28)21-6-2-15-30-21/h1,4-5,7-10,16,21H,2-3,6,11-15H2,(H,25,28). The zero-order chi connectivity index (χ0) is 20.9. The molecule has 4 rings (SSSR count). The van der Waals surface area contributed by atoms with E-state index in [1.54, 1.807) is 36.4 Å². The minimum Gasteiger partial charge on any atom is -0.370 e. The third-order valence-corrected chi connectivity index (χ3v) is 5.57.